The van der Waals surface area contributed by atoms with Gasteiger partial charge in [0, 0.05) is 104 Å². The highest BCUT2D eigenvalue weighted by atomic mass is 32.1. The Morgan fingerprint density at radius 3 is 2.10 bits per heavy atom. The van der Waals surface area contributed by atoms with Crippen LogP contribution >= 0.6 is 11.3 Å². The van der Waals surface area contributed by atoms with Gasteiger partial charge in [-0.05, 0) is 143 Å². The molecule has 8 unspecified atom stereocenters. The van der Waals surface area contributed by atoms with Gasteiger partial charge in [-0.3, -0.25) is 24.2 Å². The summed E-state index contributed by atoms with van der Waals surface area (Å²) in [6.45, 7) is 13.2. The molecule has 19 heteroatoms. The maximum atomic E-state index is 14.9. The zero-order valence-corrected chi connectivity index (χ0v) is 47.7. The molecule has 8 atom stereocenters. The van der Waals surface area contributed by atoms with Crippen molar-refractivity contribution in [3.63, 3.8) is 0 Å². The third kappa shape index (κ3) is 10.7. The van der Waals surface area contributed by atoms with Crippen LogP contribution in [0, 0.1) is 33.5 Å². The molecule has 8 aliphatic rings. The highest BCUT2D eigenvalue weighted by Crippen LogP contribution is 2.50. The molecule has 4 saturated heterocycles. The number of amides is 1. The van der Waals surface area contributed by atoms with Crippen molar-refractivity contribution in [1.29, 1.82) is 10.5 Å². The molecule has 0 bridgehead atoms. The van der Waals surface area contributed by atoms with Crippen molar-refractivity contribution in [2.45, 2.75) is 133 Å². The molecule has 424 valence electrons. The van der Waals surface area contributed by atoms with Crippen molar-refractivity contribution in [3.8, 4) is 24.2 Å². The Kier molecular flexibility index (Phi) is 15.3. The Bertz CT molecular complexity index is 3230. The van der Waals surface area contributed by atoms with Crippen LogP contribution < -0.4 is 19.3 Å². The van der Waals surface area contributed by atoms with E-state index in [0.29, 0.717) is 96.6 Å². The number of ketones is 2. The molecule has 1 aromatic carbocycles. The van der Waals surface area contributed by atoms with Gasteiger partial charge in [0.05, 0.1) is 42.4 Å². The van der Waals surface area contributed by atoms with Crippen LogP contribution in [0.2, 0.25) is 0 Å². The first kappa shape index (κ1) is 55.0. The minimum atomic E-state index is -0.857. The van der Waals surface area contributed by atoms with Gasteiger partial charge >= 0.3 is 12.0 Å². The van der Waals surface area contributed by atoms with Crippen LogP contribution in [0.15, 0.2) is 55.0 Å². The summed E-state index contributed by atoms with van der Waals surface area (Å²) in [6, 6.07) is 13.4. The maximum absolute atomic E-state index is 14.9. The Morgan fingerprint density at radius 2 is 1.43 bits per heavy atom. The summed E-state index contributed by atoms with van der Waals surface area (Å²) >= 11 is 1.66. The van der Waals surface area contributed by atoms with E-state index in [-0.39, 0.29) is 71.2 Å². The van der Waals surface area contributed by atoms with Crippen molar-refractivity contribution in [1.82, 2.24) is 39.5 Å². The van der Waals surface area contributed by atoms with Gasteiger partial charge in [0.25, 0.3) is 0 Å². The fourth-order valence-corrected chi connectivity index (χ4v) is 16.3. The van der Waals surface area contributed by atoms with Gasteiger partial charge in [-0.25, -0.2) is 0 Å². The molecule has 2 spiro atoms. The van der Waals surface area contributed by atoms with Gasteiger partial charge in [0.15, 0.2) is 11.6 Å². The molecule has 4 aromatic rings. The molecule has 1 N–H and O–H groups in total. The summed E-state index contributed by atoms with van der Waals surface area (Å²) in [5.74, 6) is 1.92. The van der Waals surface area contributed by atoms with Crippen LogP contribution in [0.4, 0.5) is 11.6 Å². The first-order chi connectivity index (χ1) is 39.3. The van der Waals surface area contributed by atoms with Crippen LogP contribution in [0.3, 0.4) is 0 Å². The number of nitriles is 2. The summed E-state index contributed by atoms with van der Waals surface area (Å²) in [7, 11) is 4.25. The molecule has 18 nitrogen and oxygen atoms in total. The fourth-order valence-electron chi connectivity index (χ4n) is 15.2. The van der Waals surface area contributed by atoms with E-state index in [0.717, 1.165) is 126 Å². The lowest BCUT2D eigenvalue weighted by atomic mass is 9.62. The van der Waals surface area contributed by atoms with Crippen molar-refractivity contribution in [2.24, 2.45) is 10.8 Å². The summed E-state index contributed by atoms with van der Waals surface area (Å²) in [6.07, 6.45) is 12.2. The van der Waals surface area contributed by atoms with Crippen LogP contribution in [-0.2, 0) is 43.3 Å². The number of aromatic nitrogens is 4. The average molecular weight is 1120 g/mol. The number of anilines is 2. The number of benzene rings is 1. The third-order valence-electron chi connectivity index (χ3n) is 19.6. The zero-order chi connectivity index (χ0) is 56.2. The van der Waals surface area contributed by atoms with Crippen LogP contribution in [-0.4, -0.2) is 172 Å². The Labute approximate surface area is 479 Å². The minimum Gasteiger partial charge on any atom is -0.462 e. The quantitative estimate of drug-likeness (QED) is 0.109. The van der Waals surface area contributed by atoms with Crippen molar-refractivity contribution in [2.75, 3.05) is 89.5 Å². The van der Waals surface area contributed by atoms with E-state index in [9.17, 15) is 30.0 Å². The number of likely N-dealkylation sites (N-methyl/N-ethyl adjacent to an activating group) is 2. The number of carbonyl (C=O) groups is 3. The van der Waals surface area contributed by atoms with Gasteiger partial charge in [0.2, 0.25) is 5.91 Å². The Hall–Kier alpha value is -6.61. The molecule has 0 radical (unpaired) electrons. The fraction of sp³-hybridized carbons (Fsp3) is 0.565. The first-order valence-electron chi connectivity index (χ1n) is 29.2. The number of piperazine rings is 2. The second kappa shape index (κ2) is 22.6. The number of hydrogen-bond donors (Lipinski definition) is 1. The molecule has 0 saturated carbocycles. The zero-order valence-electron chi connectivity index (χ0n) is 46.9. The van der Waals surface area contributed by atoms with Gasteiger partial charge < -0.3 is 34.2 Å². The number of Topliss-reactive ketones (excluding diaryl/α,β-unsaturated/α-hetero) is 2. The van der Waals surface area contributed by atoms with Crippen LogP contribution in [0.25, 0.3) is 0 Å². The standard InChI is InChI=1S/C62H74N12O6S/c1-5-54(77)73-24-22-71(35-41(73)14-19-63)57-46-12-17-61(29-49(46)65-59(67-57)79-37-43-10-8-21-69(43)3)28-39-9-7-11-45(56(39)52(76)32-61)40-27-44(70(4)34-40)38-80-60-66-50-30-62(31-51(75)48-16-26-81-53(48)33-62)18-13-47(50)58(68-60)72-23-25-74(55(78)6-2)42(36-72)15-20-64/h5-7,9,11,16,26,40-44,55,78H,1-2,8,10,12-15,17-18,21-25,27-38H2,3-4H3. The summed E-state index contributed by atoms with van der Waals surface area (Å²) in [5, 5.41) is 32.5. The predicted molar refractivity (Wildman–Crippen MR) is 307 cm³/mol. The summed E-state index contributed by atoms with van der Waals surface area (Å²) in [4.78, 5) is 75.8. The summed E-state index contributed by atoms with van der Waals surface area (Å²) < 4.78 is 13.2. The predicted octanol–water partition coefficient (Wildman–Crippen LogP) is 6.30. The maximum Gasteiger partial charge on any atom is 0.318 e. The lowest BCUT2D eigenvalue weighted by Crippen LogP contribution is -2.56. The number of aliphatic hydroxyl groups excluding tert-OH is 1. The number of aliphatic hydroxyl groups is 1. The molecule has 4 fully saturated rings. The number of fused-ring (bicyclic) bond motifs is 4. The molecule has 7 heterocycles. The number of hydrogen-bond acceptors (Lipinski definition) is 18. The number of ether oxygens (including phenoxy) is 2. The van der Waals surface area contributed by atoms with Gasteiger partial charge in [-0.1, -0.05) is 31.4 Å². The number of rotatable bonds is 14. The van der Waals surface area contributed by atoms with E-state index >= 15 is 0 Å². The Balaban J connectivity index is 0.774. The molecular formula is C62H74N12O6S. The normalized spacial score (nSPS) is 28.0. The van der Waals surface area contributed by atoms with Gasteiger partial charge in [0.1, 0.15) is 31.1 Å². The number of nitrogens with zero attached hydrogens (tertiary/aromatic N) is 12. The van der Waals surface area contributed by atoms with Gasteiger partial charge in [-0.15, -0.1) is 11.3 Å². The highest BCUT2D eigenvalue weighted by Gasteiger charge is 2.47. The SMILES string of the molecule is C=CC(=O)N1CCN(c2nc(OCC3CCCN3C)nc3c2CCC2(CC(=O)c4c(cccc4C4CC(COc5nc6c(c(N7CCN(C(O)C=C)C(CC#N)C7)n5)CCC5(CC(=O)c7ccsc7C5)C6)N(C)C4)C2)C3)CC1CC#N. The molecule has 12 rings (SSSR count). The van der Waals surface area contributed by atoms with E-state index < -0.39 is 6.23 Å². The minimum absolute atomic E-state index is 0.0253. The van der Waals surface area contributed by atoms with E-state index in [1.54, 1.807) is 16.2 Å². The first-order valence-corrected chi connectivity index (χ1v) is 30.1. The second-order valence-electron chi connectivity index (χ2n) is 24.5. The van der Waals surface area contributed by atoms with E-state index in [4.69, 9.17) is 29.4 Å². The van der Waals surface area contributed by atoms with Crippen molar-refractivity contribution in [3.05, 3.63) is 105 Å². The molecule has 1 amide bonds. The van der Waals surface area contributed by atoms with Gasteiger partial charge in [-0.2, -0.15) is 30.5 Å². The second-order valence-corrected chi connectivity index (χ2v) is 25.5. The topological polar surface area (TPSA) is 208 Å². The highest BCUT2D eigenvalue weighted by molar-refractivity contribution is 7.10. The largest absolute Gasteiger partial charge is 0.462 e. The lowest BCUT2D eigenvalue weighted by Gasteiger charge is -2.44. The smallest absolute Gasteiger partial charge is 0.318 e. The average Bonchev–Trinajstić information content (AvgIpc) is 4.27. The van der Waals surface area contributed by atoms with E-state index in [1.807, 2.05) is 16.3 Å². The third-order valence-corrected chi connectivity index (χ3v) is 20.5. The van der Waals surface area contributed by atoms with Crippen LogP contribution in [0.1, 0.15) is 123 Å². The monoisotopic (exact) mass is 1110 g/mol. The number of thiophene rings is 1. The van der Waals surface area contributed by atoms with Crippen molar-refractivity contribution < 1.29 is 29.0 Å². The molecule has 3 aromatic heterocycles. The summed E-state index contributed by atoms with van der Waals surface area (Å²) in [5.41, 5.74) is 7.32. The van der Waals surface area contributed by atoms with Crippen molar-refractivity contribution >= 4 is 40.4 Å². The van der Waals surface area contributed by atoms with Crippen LogP contribution in [0.5, 0.6) is 12.0 Å². The molecule has 81 heavy (non-hydrogen) atoms. The van der Waals surface area contributed by atoms with E-state index in [1.165, 1.54) is 12.2 Å². The molecular weight excluding hydrogens is 1040 g/mol. The lowest BCUT2D eigenvalue weighted by molar-refractivity contribution is -0.128. The molecule has 4 aliphatic heterocycles. The number of carbonyl (C=O) groups excluding carboxylic acids is 3. The number of likely N-dealkylation sites (tertiary alicyclic amines) is 2. The Morgan fingerprint density at radius 1 is 0.778 bits per heavy atom. The van der Waals surface area contributed by atoms with E-state index in [2.05, 4.69) is 77.2 Å². The molecule has 4 aliphatic carbocycles.